The quantitative estimate of drug-likeness (QED) is 0.632. The highest BCUT2D eigenvalue weighted by atomic mass is 14.7. The average Bonchev–Trinajstić information content (AvgIpc) is 1.87. The Bertz CT molecular complexity index is 52.2. The summed E-state index contributed by atoms with van der Waals surface area (Å²) in [6, 6.07) is 0. The molecule has 0 atom stereocenters. The molecule has 10 heavy (non-hydrogen) atoms. The lowest BCUT2D eigenvalue weighted by Crippen LogP contribution is -2.68. The molecule has 0 aliphatic carbocycles. The van der Waals surface area contributed by atoms with E-state index in [1.54, 1.807) is 0 Å². The maximum atomic E-state index is 4.01. The molecule has 0 radical (unpaired) electrons. The van der Waals surface area contributed by atoms with Gasteiger partial charge < -0.3 is 5.73 Å². The van der Waals surface area contributed by atoms with Crippen LogP contribution in [0, 0.1) is 0 Å². The standard InChI is InChI=1S/C7H17N.C2H6/c1-4-5-6-7(2,3)8;1-2/h4-6,8H2,1-3H3;1-2H3/p+1. The third-order valence-corrected chi connectivity index (χ3v) is 1.21. The molecule has 0 bridgehead atoms. The first-order valence-electron chi connectivity index (χ1n) is 4.41. The topological polar surface area (TPSA) is 27.6 Å². The summed E-state index contributed by atoms with van der Waals surface area (Å²) < 4.78 is 0. The van der Waals surface area contributed by atoms with Crippen molar-refractivity contribution in [2.75, 3.05) is 0 Å². The molecule has 0 aromatic heterocycles. The first-order valence-corrected chi connectivity index (χ1v) is 4.41. The van der Waals surface area contributed by atoms with Crippen LogP contribution in [-0.2, 0) is 0 Å². The lowest BCUT2D eigenvalue weighted by atomic mass is 9.99. The third-order valence-electron chi connectivity index (χ3n) is 1.21. The van der Waals surface area contributed by atoms with Crippen LogP contribution < -0.4 is 5.73 Å². The normalized spacial score (nSPS) is 10.2. The Morgan fingerprint density at radius 1 is 1.20 bits per heavy atom. The van der Waals surface area contributed by atoms with E-state index in [2.05, 4.69) is 26.5 Å². The number of rotatable bonds is 3. The Hall–Kier alpha value is -0.0400. The van der Waals surface area contributed by atoms with Gasteiger partial charge in [0, 0.05) is 6.42 Å². The Morgan fingerprint density at radius 3 is 1.70 bits per heavy atom. The van der Waals surface area contributed by atoms with Crippen molar-refractivity contribution >= 4 is 0 Å². The fraction of sp³-hybridized carbons (Fsp3) is 1.00. The number of unbranched alkanes of at least 4 members (excludes halogenated alkanes) is 1. The van der Waals surface area contributed by atoms with Crippen molar-refractivity contribution in [3.8, 4) is 0 Å². The Balaban J connectivity index is 0. The van der Waals surface area contributed by atoms with Gasteiger partial charge in [-0.05, 0) is 20.3 Å². The molecular formula is C9H24N+. The van der Waals surface area contributed by atoms with Gasteiger partial charge in [0.05, 0.1) is 5.54 Å². The van der Waals surface area contributed by atoms with E-state index in [4.69, 9.17) is 0 Å². The molecule has 0 spiro atoms. The molecular weight excluding hydrogens is 122 g/mol. The lowest BCUT2D eigenvalue weighted by Gasteiger charge is -2.12. The lowest BCUT2D eigenvalue weighted by molar-refractivity contribution is -0.467. The molecule has 0 aliphatic heterocycles. The van der Waals surface area contributed by atoms with E-state index in [0.717, 1.165) is 0 Å². The Labute approximate surface area is 66.0 Å². The maximum absolute atomic E-state index is 4.01. The Kier molecular flexibility index (Phi) is 8.92. The fourth-order valence-corrected chi connectivity index (χ4v) is 0.655. The SMILES string of the molecule is CC.CCCCC(C)(C)[NH3+]. The second kappa shape index (κ2) is 7.07. The summed E-state index contributed by atoms with van der Waals surface area (Å²) in [5.74, 6) is 0. The largest absolute Gasteiger partial charge is 0.353 e. The van der Waals surface area contributed by atoms with Gasteiger partial charge in [0.1, 0.15) is 0 Å². The summed E-state index contributed by atoms with van der Waals surface area (Å²) in [7, 11) is 0. The van der Waals surface area contributed by atoms with Crippen molar-refractivity contribution in [1.82, 2.24) is 0 Å². The highest BCUT2D eigenvalue weighted by molar-refractivity contribution is 4.61. The maximum Gasteiger partial charge on any atom is 0.0889 e. The third kappa shape index (κ3) is 15.7. The van der Waals surface area contributed by atoms with Crippen LogP contribution in [-0.4, -0.2) is 5.54 Å². The minimum Gasteiger partial charge on any atom is -0.353 e. The zero-order chi connectivity index (χ0) is 8.62. The second-order valence-electron chi connectivity index (χ2n) is 3.27. The van der Waals surface area contributed by atoms with Gasteiger partial charge in [0.25, 0.3) is 0 Å². The minimum absolute atomic E-state index is 0.302. The molecule has 0 amide bonds. The molecule has 0 fully saturated rings. The minimum atomic E-state index is 0.302. The molecule has 1 heteroatoms. The van der Waals surface area contributed by atoms with Gasteiger partial charge >= 0.3 is 0 Å². The average molecular weight is 146 g/mol. The van der Waals surface area contributed by atoms with Crippen LogP contribution in [0.3, 0.4) is 0 Å². The summed E-state index contributed by atoms with van der Waals surface area (Å²) in [5.41, 5.74) is 4.31. The smallest absolute Gasteiger partial charge is 0.0889 e. The van der Waals surface area contributed by atoms with Gasteiger partial charge in [0.15, 0.2) is 0 Å². The molecule has 0 aromatic rings. The van der Waals surface area contributed by atoms with E-state index in [1.807, 2.05) is 13.8 Å². The van der Waals surface area contributed by atoms with E-state index in [-0.39, 0.29) is 0 Å². The molecule has 3 N–H and O–H groups in total. The molecule has 0 rings (SSSR count). The fourth-order valence-electron chi connectivity index (χ4n) is 0.655. The summed E-state index contributed by atoms with van der Waals surface area (Å²) in [4.78, 5) is 0. The van der Waals surface area contributed by atoms with Gasteiger partial charge in [-0.1, -0.05) is 27.2 Å². The summed E-state index contributed by atoms with van der Waals surface area (Å²) >= 11 is 0. The molecule has 0 unspecified atom stereocenters. The monoisotopic (exact) mass is 146 g/mol. The Morgan fingerprint density at radius 2 is 1.60 bits per heavy atom. The first kappa shape index (κ1) is 12.6. The summed E-state index contributed by atoms with van der Waals surface area (Å²) in [6.45, 7) is 10.6. The van der Waals surface area contributed by atoms with Crippen molar-refractivity contribution in [2.45, 2.75) is 59.4 Å². The first-order chi connectivity index (χ1) is 4.56. The molecule has 1 nitrogen and oxygen atoms in total. The predicted octanol–water partition coefficient (Wildman–Crippen LogP) is 2.22. The van der Waals surface area contributed by atoms with Gasteiger partial charge in [-0.25, -0.2) is 0 Å². The number of quaternary nitrogens is 1. The molecule has 0 heterocycles. The van der Waals surface area contributed by atoms with Crippen molar-refractivity contribution in [2.24, 2.45) is 0 Å². The summed E-state index contributed by atoms with van der Waals surface area (Å²) in [6.07, 6.45) is 3.86. The van der Waals surface area contributed by atoms with Crippen molar-refractivity contribution < 1.29 is 5.73 Å². The van der Waals surface area contributed by atoms with Crippen LogP contribution in [0.4, 0.5) is 0 Å². The van der Waals surface area contributed by atoms with Crippen LogP contribution in [0.5, 0.6) is 0 Å². The van der Waals surface area contributed by atoms with Crippen molar-refractivity contribution in [1.29, 1.82) is 0 Å². The van der Waals surface area contributed by atoms with E-state index in [0.29, 0.717) is 5.54 Å². The molecule has 0 saturated heterocycles. The van der Waals surface area contributed by atoms with Gasteiger partial charge in [-0.15, -0.1) is 0 Å². The highest BCUT2D eigenvalue weighted by Crippen LogP contribution is 2.05. The van der Waals surface area contributed by atoms with Crippen molar-refractivity contribution in [3.63, 3.8) is 0 Å². The van der Waals surface area contributed by atoms with E-state index in [9.17, 15) is 0 Å². The van der Waals surface area contributed by atoms with Crippen LogP contribution in [0.1, 0.15) is 53.9 Å². The second-order valence-corrected chi connectivity index (χ2v) is 3.27. The van der Waals surface area contributed by atoms with E-state index < -0.39 is 0 Å². The molecule has 64 valence electrons. The van der Waals surface area contributed by atoms with Crippen LogP contribution in [0.25, 0.3) is 0 Å². The highest BCUT2D eigenvalue weighted by Gasteiger charge is 2.12. The van der Waals surface area contributed by atoms with Gasteiger partial charge in [-0.3, -0.25) is 0 Å². The molecule has 0 aromatic carbocycles. The predicted molar refractivity (Wildman–Crippen MR) is 47.8 cm³/mol. The zero-order valence-electron chi connectivity index (χ0n) is 8.33. The molecule has 0 aliphatic rings. The van der Waals surface area contributed by atoms with Crippen LogP contribution >= 0.6 is 0 Å². The van der Waals surface area contributed by atoms with Crippen LogP contribution in [0.15, 0.2) is 0 Å². The number of hydrogen-bond donors (Lipinski definition) is 1. The number of hydrogen-bond acceptors (Lipinski definition) is 0. The van der Waals surface area contributed by atoms with Gasteiger partial charge in [-0.2, -0.15) is 0 Å². The van der Waals surface area contributed by atoms with E-state index >= 15 is 0 Å². The zero-order valence-corrected chi connectivity index (χ0v) is 8.33. The van der Waals surface area contributed by atoms with Crippen LogP contribution in [0.2, 0.25) is 0 Å². The van der Waals surface area contributed by atoms with Gasteiger partial charge in [0.2, 0.25) is 0 Å². The van der Waals surface area contributed by atoms with E-state index in [1.165, 1.54) is 19.3 Å². The van der Waals surface area contributed by atoms with Crippen molar-refractivity contribution in [3.05, 3.63) is 0 Å². The molecule has 0 saturated carbocycles. The summed E-state index contributed by atoms with van der Waals surface area (Å²) in [5, 5.41) is 0.